The van der Waals surface area contributed by atoms with E-state index in [0.717, 1.165) is 15.7 Å². The summed E-state index contributed by atoms with van der Waals surface area (Å²) in [6.45, 7) is 4.16. The third kappa shape index (κ3) is 2.79. The lowest BCUT2D eigenvalue weighted by molar-refractivity contribution is 0.693. The van der Waals surface area contributed by atoms with Crippen molar-refractivity contribution in [2.45, 2.75) is 26.3 Å². The van der Waals surface area contributed by atoms with Crippen LogP contribution in [0.25, 0.3) is 0 Å². The van der Waals surface area contributed by atoms with Crippen molar-refractivity contribution in [2.24, 2.45) is 12.8 Å². The van der Waals surface area contributed by atoms with Crippen LogP contribution < -0.4 is 5.73 Å². The van der Waals surface area contributed by atoms with E-state index in [9.17, 15) is 0 Å². The minimum atomic E-state index is -0.0489. The maximum atomic E-state index is 6.23. The van der Waals surface area contributed by atoms with Crippen LogP contribution in [0.2, 0.25) is 0 Å². The Morgan fingerprint density at radius 1 is 1.33 bits per heavy atom. The zero-order chi connectivity index (χ0) is 13.3. The van der Waals surface area contributed by atoms with Gasteiger partial charge in [0.15, 0.2) is 0 Å². The molecule has 96 valence electrons. The first-order valence-corrected chi connectivity index (χ1v) is 6.64. The molecule has 0 bridgehead atoms. The molecule has 1 unspecified atom stereocenters. The molecule has 18 heavy (non-hydrogen) atoms. The molecule has 2 rings (SSSR count). The first-order valence-electron chi connectivity index (χ1n) is 5.85. The van der Waals surface area contributed by atoms with Gasteiger partial charge in [0.2, 0.25) is 0 Å². The molecule has 1 aromatic heterocycles. The third-order valence-corrected chi connectivity index (χ3v) is 4.22. The molecule has 0 fully saturated rings. The van der Waals surface area contributed by atoms with Crippen LogP contribution in [0.1, 0.15) is 28.4 Å². The summed E-state index contributed by atoms with van der Waals surface area (Å²) in [5, 5.41) is 7.98. The van der Waals surface area contributed by atoms with E-state index in [4.69, 9.17) is 5.73 Å². The number of aryl methyl sites for hydroxylation is 3. The Balaban J connectivity index is 2.21. The fourth-order valence-electron chi connectivity index (χ4n) is 2.03. The number of halogens is 1. The van der Waals surface area contributed by atoms with Gasteiger partial charge in [-0.2, -0.15) is 0 Å². The molecular formula is C13H17BrN4. The summed E-state index contributed by atoms with van der Waals surface area (Å²) in [6.07, 6.45) is 2.60. The number of nitrogens with zero attached hydrogens (tertiary/aromatic N) is 3. The van der Waals surface area contributed by atoms with Crippen molar-refractivity contribution in [1.82, 2.24) is 15.0 Å². The van der Waals surface area contributed by atoms with E-state index in [1.165, 1.54) is 11.1 Å². The van der Waals surface area contributed by atoms with Gasteiger partial charge in [-0.1, -0.05) is 33.3 Å². The highest BCUT2D eigenvalue weighted by atomic mass is 79.9. The zero-order valence-corrected chi connectivity index (χ0v) is 12.4. The molecule has 0 aliphatic rings. The minimum Gasteiger partial charge on any atom is -0.324 e. The maximum absolute atomic E-state index is 6.23. The van der Waals surface area contributed by atoms with Gasteiger partial charge in [0, 0.05) is 30.2 Å². The largest absolute Gasteiger partial charge is 0.324 e. The van der Waals surface area contributed by atoms with Crippen LogP contribution in [-0.4, -0.2) is 15.0 Å². The molecule has 0 amide bonds. The second-order valence-electron chi connectivity index (χ2n) is 4.66. The normalized spacial score (nSPS) is 12.7. The lowest BCUT2D eigenvalue weighted by atomic mass is 9.99. The van der Waals surface area contributed by atoms with Crippen molar-refractivity contribution in [3.8, 4) is 0 Å². The number of rotatable bonds is 3. The summed E-state index contributed by atoms with van der Waals surface area (Å²) < 4.78 is 2.85. The van der Waals surface area contributed by atoms with Gasteiger partial charge >= 0.3 is 0 Å². The van der Waals surface area contributed by atoms with Crippen LogP contribution in [-0.2, 0) is 13.5 Å². The summed E-state index contributed by atoms with van der Waals surface area (Å²) in [4.78, 5) is 0. The summed E-state index contributed by atoms with van der Waals surface area (Å²) >= 11 is 3.57. The fourth-order valence-corrected chi connectivity index (χ4v) is 2.25. The summed E-state index contributed by atoms with van der Waals surface area (Å²) in [6, 6.07) is 4.20. The summed E-state index contributed by atoms with van der Waals surface area (Å²) in [5.74, 6) is 0. The predicted molar refractivity (Wildman–Crippen MR) is 75.3 cm³/mol. The van der Waals surface area contributed by atoms with Gasteiger partial charge in [0.25, 0.3) is 0 Å². The van der Waals surface area contributed by atoms with Crippen molar-refractivity contribution < 1.29 is 0 Å². The van der Waals surface area contributed by atoms with E-state index in [0.29, 0.717) is 6.42 Å². The summed E-state index contributed by atoms with van der Waals surface area (Å²) in [7, 11) is 1.86. The topological polar surface area (TPSA) is 56.7 Å². The molecule has 2 aromatic rings. The van der Waals surface area contributed by atoms with Crippen LogP contribution in [0.5, 0.6) is 0 Å². The van der Waals surface area contributed by atoms with Gasteiger partial charge in [-0.15, -0.1) is 5.10 Å². The lowest BCUT2D eigenvalue weighted by Crippen LogP contribution is -2.14. The average molecular weight is 309 g/mol. The van der Waals surface area contributed by atoms with Crippen LogP contribution in [0, 0.1) is 13.8 Å². The minimum absolute atomic E-state index is 0.0489. The maximum Gasteiger partial charge on any atom is 0.0845 e. The van der Waals surface area contributed by atoms with Gasteiger partial charge in [0.1, 0.15) is 0 Å². The number of benzene rings is 1. The molecule has 0 spiro atoms. The van der Waals surface area contributed by atoms with Crippen molar-refractivity contribution in [2.75, 3.05) is 0 Å². The Kier molecular flexibility index (Phi) is 3.82. The van der Waals surface area contributed by atoms with E-state index < -0.39 is 0 Å². The highest BCUT2D eigenvalue weighted by molar-refractivity contribution is 9.10. The molecule has 1 aromatic carbocycles. The van der Waals surface area contributed by atoms with Crippen LogP contribution in [0.4, 0.5) is 0 Å². The van der Waals surface area contributed by atoms with Gasteiger partial charge < -0.3 is 5.73 Å². The quantitative estimate of drug-likeness (QED) is 0.947. The van der Waals surface area contributed by atoms with Gasteiger partial charge in [-0.05, 0) is 30.5 Å². The molecule has 0 saturated carbocycles. The Hall–Kier alpha value is -1.20. The smallest absolute Gasteiger partial charge is 0.0845 e. The SMILES string of the molecule is Cc1cc(C(N)Cc2cn(C)nn2)cc(C)c1Br. The molecule has 0 radical (unpaired) electrons. The molecule has 2 N–H and O–H groups in total. The Morgan fingerprint density at radius 2 is 1.94 bits per heavy atom. The number of nitrogens with two attached hydrogens (primary N) is 1. The van der Waals surface area contributed by atoms with E-state index in [-0.39, 0.29) is 6.04 Å². The van der Waals surface area contributed by atoms with Gasteiger partial charge in [-0.25, -0.2) is 0 Å². The van der Waals surface area contributed by atoms with Crippen molar-refractivity contribution in [3.63, 3.8) is 0 Å². The molecule has 0 saturated heterocycles. The number of hydrogen-bond acceptors (Lipinski definition) is 3. The molecule has 5 heteroatoms. The number of hydrogen-bond donors (Lipinski definition) is 1. The average Bonchev–Trinajstić information content (AvgIpc) is 2.71. The van der Waals surface area contributed by atoms with Gasteiger partial charge in [-0.3, -0.25) is 4.68 Å². The van der Waals surface area contributed by atoms with E-state index in [1.807, 2.05) is 13.2 Å². The number of aromatic nitrogens is 3. The second-order valence-corrected chi connectivity index (χ2v) is 5.46. The van der Waals surface area contributed by atoms with Crippen molar-refractivity contribution in [1.29, 1.82) is 0 Å². The third-order valence-electron chi connectivity index (χ3n) is 2.97. The second kappa shape index (κ2) is 5.20. The molecule has 4 nitrogen and oxygen atoms in total. The predicted octanol–water partition coefficient (Wildman–Crippen LogP) is 2.44. The van der Waals surface area contributed by atoms with Crippen LogP contribution in [0.3, 0.4) is 0 Å². The Morgan fingerprint density at radius 3 is 2.44 bits per heavy atom. The highest BCUT2D eigenvalue weighted by Gasteiger charge is 2.12. The van der Waals surface area contributed by atoms with Crippen LogP contribution in [0.15, 0.2) is 22.8 Å². The molecule has 1 heterocycles. The first kappa shape index (κ1) is 13.2. The lowest BCUT2D eigenvalue weighted by Gasteiger charge is -2.13. The van der Waals surface area contributed by atoms with Crippen molar-refractivity contribution in [3.05, 3.63) is 45.2 Å². The molecular weight excluding hydrogens is 292 g/mol. The van der Waals surface area contributed by atoms with Crippen LogP contribution >= 0.6 is 15.9 Å². The molecule has 0 aliphatic heterocycles. The zero-order valence-electron chi connectivity index (χ0n) is 10.8. The fraction of sp³-hybridized carbons (Fsp3) is 0.385. The van der Waals surface area contributed by atoms with E-state index >= 15 is 0 Å². The van der Waals surface area contributed by atoms with E-state index in [2.05, 4.69) is 52.2 Å². The molecule has 1 atom stereocenters. The first-order chi connectivity index (χ1) is 8.47. The Labute approximate surface area is 115 Å². The molecule has 0 aliphatic carbocycles. The monoisotopic (exact) mass is 308 g/mol. The Bertz CT molecular complexity index is 539. The summed E-state index contributed by atoms with van der Waals surface area (Å²) in [5.41, 5.74) is 10.7. The highest BCUT2D eigenvalue weighted by Crippen LogP contribution is 2.25. The van der Waals surface area contributed by atoms with Gasteiger partial charge in [0.05, 0.1) is 5.69 Å². The standard InChI is InChI=1S/C13H17BrN4/c1-8-4-10(5-9(2)13(8)14)12(15)6-11-7-18(3)17-16-11/h4-5,7,12H,6,15H2,1-3H3. The van der Waals surface area contributed by atoms with E-state index in [1.54, 1.807) is 4.68 Å². The van der Waals surface area contributed by atoms with Crippen molar-refractivity contribution >= 4 is 15.9 Å².